The van der Waals surface area contributed by atoms with Crippen LogP contribution in [-0.2, 0) is 22.6 Å². The fourth-order valence-corrected chi connectivity index (χ4v) is 4.59. The molecule has 178 valence electrons. The van der Waals surface area contributed by atoms with E-state index >= 15 is 4.39 Å². The van der Waals surface area contributed by atoms with Crippen LogP contribution in [0.3, 0.4) is 0 Å². The molecule has 34 heavy (non-hydrogen) atoms. The largest absolute Gasteiger partial charge is 0.442 e. The van der Waals surface area contributed by atoms with Crippen LogP contribution in [0.25, 0.3) is 10.9 Å². The van der Waals surface area contributed by atoms with Gasteiger partial charge in [-0.05, 0) is 36.4 Å². The van der Waals surface area contributed by atoms with Crippen LogP contribution in [0, 0.1) is 5.82 Å². The summed E-state index contributed by atoms with van der Waals surface area (Å²) in [4.78, 5) is 39.4. The summed E-state index contributed by atoms with van der Waals surface area (Å²) in [5, 5.41) is 3.20. The minimum atomic E-state index is -0.580. The highest BCUT2D eigenvalue weighted by molar-refractivity contribution is 5.90. The number of nitrogen functional groups attached to an aromatic ring is 1. The third-order valence-corrected chi connectivity index (χ3v) is 6.25. The molecule has 2 aliphatic rings. The zero-order valence-corrected chi connectivity index (χ0v) is 18.7. The Balaban J connectivity index is 1.33. The molecule has 1 atom stereocenters. The number of aromatic nitrogens is 2. The van der Waals surface area contributed by atoms with Gasteiger partial charge in [0.15, 0.2) is 0 Å². The molecule has 1 aromatic heterocycles. The van der Waals surface area contributed by atoms with Crippen molar-refractivity contribution in [3.63, 3.8) is 0 Å². The summed E-state index contributed by atoms with van der Waals surface area (Å²) >= 11 is 0. The monoisotopic (exact) mass is 468 g/mol. The molecule has 11 heteroatoms. The highest BCUT2D eigenvalue weighted by Gasteiger charge is 2.33. The normalized spacial score (nSPS) is 18.1. The molecule has 0 radical (unpaired) electrons. The molecule has 0 aliphatic carbocycles. The number of rotatable bonds is 4. The lowest BCUT2D eigenvalue weighted by molar-refractivity contribution is -0.119. The maximum absolute atomic E-state index is 15.2. The molecule has 2 amide bonds. The molecule has 0 spiro atoms. The lowest BCUT2D eigenvalue weighted by Gasteiger charge is -2.24. The van der Waals surface area contributed by atoms with E-state index in [1.54, 1.807) is 28.9 Å². The predicted molar refractivity (Wildman–Crippen MR) is 126 cm³/mol. The number of nitrogens with one attached hydrogen (secondary N) is 1. The van der Waals surface area contributed by atoms with Crippen LogP contribution < -0.4 is 26.4 Å². The van der Waals surface area contributed by atoms with Gasteiger partial charge in [0, 0.05) is 25.7 Å². The molecule has 0 saturated carbocycles. The highest BCUT2D eigenvalue weighted by Crippen LogP contribution is 2.29. The van der Waals surface area contributed by atoms with Gasteiger partial charge < -0.3 is 20.7 Å². The van der Waals surface area contributed by atoms with Crippen molar-refractivity contribution >= 4 is 40.0 Å². The number of amides is 2. The fraction of sp³-hybridized carbons (Fsp3) is 0.348. The van der Waals surface area contributed by atoms with Gasteiger partial charge in [0.05, 0.1) is 48.5 Å². The lowest BCUT2D eigenvalue weighted by Crippen LogP contribution is -2.33. The van der Waals surface area contributed by atoms with Gasteiger partial charge in [-0.1, -0.05) is 0 Å². The Bertz CT molecular complexity index is 1350. The molecule has 2 aliphatic heterocycles. The van der Waals surface area contributed by atoms with Gasteiger partial charge in [-0.25, -0.2) is 13.9 Å². The minimum Gasteiger partial charge on any atom is -0.442 e. The van der Waals surface area contributed by atoms with E-state index in [1.807, 2.05) is 15.6 Å². The summed E-state index contributed by atoms with van der Waals surface area (Å²) in [6.45, 7) is 3.67. The van der Waals surface area contributed by atoms with Gasteiger partial charge in [-0.2, -0.15) is 0 Å². The second-order valence-electron chi connectivity index (χ2n) is 8.50. The maximum Gasteiger partial charge on any atom is 0.414 e. The summed E-state index contributed by atoms with van der Waals surface area (Å²) in [5.74, 6) is -0.680. The summed E-state index contributed by atoms with van der Waals surface area (Å²) in [7, 11) is 0. The zero-order chi connectivity index (χ0) is 24.0. The summed E-state index contributed by atoms with van der Waals surface area (Å²) in [6.07, 6.45) is -1.08. The summed E-state index contributed by atoms with van der Waals surface area (Å²) in [6, 6.07) is 9.92. The van der Waals surface area contributed by atoms with Crippen molar-refractivity contribution in [1.82, 2.24) is 14.7 Å². The molecule has 10 nitrogen and oxygen atoms in total. The Morgan fingerprint density at radius 1 is 1.12 bits per heavy atom. The number of carbonyl (C=O) groups excluding carboxylic acids is 2. The molecule has 3 aromatic rings. The van der Waals surface area contributed by atoms with E-state index in [2.05, 4.69) is 5.32 Å². The number of hydrogen-bond donors (Lipinski definition) is 2. The number of nitrogens with two attached hydrogens (primary N) is 1. The van der Waals surface area contributed by atoms with Crippen LogP contribution in [0.2, 0.25) is 0 Å². The number of nitrogens with zero attached hydrogens (tertiary/aromatic N) is 4. The highest BCUT2D eigenvalue weighted by atomic mass is 19.1. The van der Waals surface area contributed by atoms with Crippen molar-refractivity contribution in [2.75, 3.05) is 41.7 Å². The van der Waals surface area contributed by atoms with Crippen molar-refractivity contribution in [1.29, 1.82) is 0 Å². The van der Waals surface area contributed by atoms with Gasteiger partial charge >= 0.3 is 6.09 Å². The Morgan fingerprint density at radius 2 is 1.88 bits per heavy atom. The van der Waals surface area contributed by atoms with Gasteiger partial charge in [0.2, 0.25) is 5.91 Å². The van der Waals surface area contributed by atoms with E-state index in [9.17, 15) is 14.4 Å². The molecule has 3 N–H and O–H groups in total. The average molecular weight is 468 g/mol. The smallest absolute Gasteiger partial charge is 0.414 e. The molecule has 0 unspecified atom stereocenters. The first kappa shape index (κ1) is 21.8. The standard InChI is InChI=1S/C23H25FN6O4/c1-14(31)26-12-17-13-28(23(33)34-17)16-3-5-21(19(24)11-16)27-6-8-29-20-4-2-15(25)10-18(20)22(32)30(29)9-7-27/h2-5,10-11,17H,6-9,12-13,25H2,1H3,(H,26,31)/t17-/m0/s1. The van der Waals surface area contributed by atoms with Crippen LogP contribution in [0.1, 0.15) is 6.92 Å². The van der Waals surface area contributed by atoms with Gasteiger partial charge in [-0.15, -0.1) is 0 Å². The molecule has 5 rings (SSSR count). The van der Waals surface area contributed by atoms with Gasteiger partial charge in [-0.3, -0.25) is 19.2 Å². The number of ether oxygens (including phenoxy) is 1. The number of carbonyl (C=O) groups is 2. The topological polar surface area (TPSA) is 115 Å². The molecular weight excluding hydrogens is 443 g/mol. The van der Waals surface area contributed by atoms with Crippen molar-refractivity contribution in [2.24, 2.45) is 0 Å². The quantitative estimate of drug-likeness (QED) is 0.561. The van der Waals surface area contributed by atoms with E-state index in [1.165, 1.54) is 17.9 Å². The van der Waals surface area contributed by atoms with Crippen LogP contribution in [0.5, 0.6) is 0 Å². The molecule has 2 aromatic carbocycles. The van der Waals surface area contributed by atoms with Crippen molar-refractivity contribution in [3.8, 4) is 0 Å². The van der Waals surface area contributed by atoms with E-state index in [0.29, 0.717) is 48.6 Å². The molecular formula is C23H25FN6O4. The molecule has 1 saturated heterocycles. The number of hydrogen-bond acceptors (Lipinski definition) is 6. The van der Waals surface area contributed by atoms with Crippen molar-refractivity contribution in [2.45, 2.75) is 26.1 Å². The summed E-state index contributed by atoms with van der Waals surface area (Å²) < 4.78 is 24.0. The van der Waals surface area contributed by atoms with Gasteiger partial charge in [0.1, 0.15) is 11.9 Å². The van der Waals surface area contributed by atoms with E-state index < -0.39 is 18.0 Å². The number of anilines is 3. The Morgan fingerprint density at radius 3 is 2.62 bits per heavy atom. The third kappa shape index (κ3) is 3.82. The fourth-order valence-electron chi connectivity index (χ4n) is 4.59. The number of benzene rings is 2. The number of fused-ring (bicyclic) bond motifs is 3. The average Bonchev–Trinajstić information content (AvgIpc) is 3.19. The van der Waals surface area contributed by atoms with Crippen LogP contribution in [-0.4, -0.2) is 53.6 Å². The minimum absolute atomic E-state index is 0.110. The van der Waals surface area contributed by atoms with E-state index in [4.69, 9.17) is 10.5 Å². The first-order valence-electron chi connectivity index (χ1n) is 11.1. The summed E-state index contributed by atoms with van der Waals surface area (Å²) in [5.41, 5.74) is 7.86. The second-order valence-corrected chi connectivity index (χ2v) is 8.50. The number of cyclic esters (lactones) is 1. The number of halogens is 1. The molecule has 0 bridgehead atoms. The van der Waals surface area contributed by atoms with E-state index in [-0.39, 0.29) is 24.6 Å². The van der Waals surface area contributed by atoms with E-state index in [0.717, 1.165) is 5.52 Å². The Kier molecular flexibility index (Phi) is 5.39. The Hall–Kier alpha value is -4.02. The lowest BCUT2D eigenvalue weighted by atomic mass is 10.2. The third-order valence-electron chi connectivity index (χ3n) is 6.25. The predicted octanol–water partition coefficient (Wildman–Crippen LogP) is 1.51. The van der Waals surface area contributed by atoms with Crippen molar-refractivity contribution < 1.29 is 18.7 Å². The molecule has 3 heterocycles. The Labute approximate surface area is 194 Å². The van der Waals surface area contributed by atoms with Gasteiger partial charge in [0.25, 0.3) is 5.56 Å². The SMILES string of the molecule is CC(=O)NC[C@H]1CN(c2ccc(N3CCn4c(=O)c5cc(N)ccc5n4CC3)c(F)c2)C(=O)O1. The first-order chi connectivity index (χ1) is 16.3. The van der Waals surface area contributed by atoms with Crippen LogP contribution >= 0.6 is 0 Å². The zero-order valence-electron chi connectivity index (χ0n) is 18.7. The second kappa shape index (κ2) is 8.40. The maximum atomic E-state index is 15.2. The van der Waals surface area contributed by atoms with Crippen LogP contribution in [0.4, 0.5) is 26.2 Å². The molecule has 1 fully saturated rings. The first-order valence-corrected chi connectivity index (χ1v) is 11.1. The van der Waals surface area contributed by atoms with Crippen LogP contribution in [0.15, 0.2) is 41.2 Å². The van der Waals surface area contributed by atoms with Crippen molar-refractivity contribution in [3.05, 3.63) is 52.6 Å².